The van der Waals surface area contributed by atoms with E-state index in [1.807, 2.05) is 0 Å². The van der Waals surface area contributed by atoms with Gasteiger partial charge in [0.25, 0.3) is 10.2 Å². The Labute approximate surface area is 118 Å². The van der Waals surface area contributed by atoms with Crippen molar-refractivity contribution in [2.75, 3.05) is 20.7 Å². The molecule has 8 heteroatoms. The van der Waals surface area contributed by atoms with Crippen LogP contribution >= 0.6 is 0 Å². The molecule has 0 bridgehead atoms. The third-order valence-corrected chi connectivity index (χ3v) is 4.18. The molecule has 0 unspecified atom stereocenters. The summed E-state index contributed by atoms with van der Waals surface area (Å²) in [5, 5.41) is 8.53. The minimum atomic E-state index is -3.68. The number of rotatable bonds is 8. The van der Waals surface area contributed by atoms with E-state index in [-0.39, 0.29) is 19.5 Å². The zero-order valence-electron chi connectivity index (χ0n) is 11.4. The van der Waals surface area contributed by atoms with Crippen LogP contribution in [0.15, 0.2) is 24.3 Å². The number of aliphatic carboxylic acids is 1. The summed E-state index contributed by atoms with van der Waals surface area (Å²) in [6.07, 6.45) is -0.236. The van der Waals surface area contributed by atoms with Crippen LogP contribution in [-0.2, 0) is 21.5 Å². The number of carboxylic acid groups (broad SMARTS) is 1. The molecule has 0 aliphatic heterocycles. The Morgan fingerprint density at radius 1 is 1.35 bits per heavy atom. The first kappa shape index (κ1) is 16.4. The number of hydrogen-bond acceptors (Lipinski definition) is 4. The van der Waals surface area contributed by atoms with Gasteiger partial charge in [0, 0.05) is 20.1 Å². The molecule has 2 N–H and O–H groups in total. The van der Waals surface area contributed by atoms with E-state index in [1.54, 1.807) is 31.4 Å². The van der Waals surface area contributed by atoms with E-state index in [0.717, 1.165) is 9.87 Å². The van der Waals surface area contributed by atoms with Crippen molar-refractivity contribution in [1.82, 2.24) is 9.03 Å². The smallest absolute Gasteiger partial charge is 0.304 e. The fraction of sp³-hybridized carbons (Fsp3) is 0.417. The van der Waals surface area contributed by atoms with Crippen molar-refractivity contribution < 1.29 is 23.1 Å². The van der Waals surface area contributed by atoms with Crippen molar-refractivity contribution in [3.05, 3.63) is 29.8 Å². The third kappa shape index (κ3) is 5.16. The zero-order chi connectivity index (χ0) is 15.2. The van der Waals surface area contributed by atoms with Crippen molar-refractivity contribution in [2.45, 2.75) is 13.0 Å². The Balaban J connectivity index is 2.55. The van der Waals surface area contributed by atoms with Crippen LogP contribution in [0.2, 0.25) is 0 Å². The zero-order valence-corrected chi connectivity index (χ0v) is 12.2. The summed E-state index contributed by atoms with van der Waals surface area (Å²) in [7, 11) is -0.798. The molecule has 1 aromatic rings. The van der Waals surface area contributed by atoms with Gasteiger partial charge >= 0.3 is 5.97 Å². The molecule has 0 amide bonds. The van der Waals surface area contributed by atoms with Crippen LogP contribution in [0, 0.1) is 0 Å². The standard InChI is InChI=1S/C12H18N2O5S/c1-14(8-7-12(15)16)20(17,18)13-9-10-3-5-11(19-2)6-4-10/h3-6,13H,7-9H2,1-2H3,(H,15,16). The maximum absolute atomic E-state index is 11.8. The van der Waals surface area contributed by atoms with Gasteiger partial charge in [-0.15, -0.1) is 0 Å². The van der Waals surface area contributed by atoms with Crippen molar-refractivity contribution in [1.29, 1.82) is 0 Å². The fourth-order valence-electron chi connectivity index (χ4n) is 1.40. The van der Waals surface area contributed by atoms with Gasteiger partial charge in [0.05, 0.1) is 13.5 Å². The summed E-state index contributed by atoms with van der Waals surface area (Å²) < 4.78 is 32.1. The van der Waals surface area contributed by atoms with E-state index in [9.17, 15) is 13.2 Å². The largest absolute Gasteiger partial charge is 0.497 e. The van der Waals surface area contributed by atoms with E-state index in [1.165, 1.54) is 7.05 Å². The predicted molar refractivity (Wildman–Crippen MR) is 73.6 cm³/mol. The second kappa shape index (κ2) is 7.22. The van der Waals surface area contributed by atoms with Gasteiger partial charge in [-0.25, -0.2) is 0 Å². The Morgan fingerprint density at radius 2 is 1.95 bits per heavy atom. The number of ether oxygens (including phenoxy) is 1. The minimum absolute atomic E-state index is 0.0761. The SMILES string of the molecule is COc1ccc(CNS(=O)(=O)N(C)CCC(=O)O)cc1. The molecular weight excluding hydrogens is 284 g/mol. The monoisotopic (exact) mass is 302 g/mol. The molecule has 0 spiro atoms. The van der Waals surface area contributed by atoms with Crippen LogP contribution < -0.4 is 9.46 Å². The summed E-state index contributed by atoms with van der Waals surface area (Å²) in [6.45, 7) is 0.0526. The van der Waals surface area contributed by atoms with E-state index in [4.69, 9.17) is 9.84 Å². The van der Waals surface area contributed by atoms with Crippen LogP contribution in [-0.4, -0.2) is 44.5 Å². The highest BCUT2D eigenvalue weighted by molar-refractivity contribution is 7.87. The summed E-state index contributed by atoms with van der Waals surface area (Å²) in [6, 6.07) is 6.97. The molecule has 1 rings (SSSR count). The second-order valence-electron chi connectivity index (χ2n) is 4.14. The number of benzene rings is 1. The van der Waals surface area contributed by atoms with Gasteiger partial charge < -0.3 is 9.84 Å². The quantitative estimate of drug-likeness (QED) is 0.726. The Hall–Kier alpha value is -1.64. The van der Waals surface area contributed by atoms with Crippen LogP contribution in [0.3, 0.4) is 0 Å². The molecular formula is C12H18N2O5S. The molecule has 0 fully saturated rings. The Kier molecular flexibility index (Phi) is 5.93. The molecule has 1 aromatic carbocycles. The molecule has 0 saturated heterocycles. The fourth-order valence-corrected chi connectivity index (χ4v) is 2.30. The number of hydrogen-bond donors (Lipinski definition) is 2. The third-order valence-electron chi connectivity index (χ3n) is 2.67. The number of nitrogens with zero attached hydrogens (tertiary/aromatic N) is 1. The van der Waals surface area contributed by atoms with Crippen molar-refractivity contribution in [3.63, 3.8) is 0 Å². The molecule has 0 aliphatic rings. The van der Waals surface area contributed by atoms with Crippen molar-refractivity contribution in [2.24, 2.45) is 0 Å². The topological polar surface area (TPSA) is 95.9 Å². The predicted octanol–water partition coefficient (Wildman–Crippen LogP) is 0.436. The molecule has 0 radical (unpaired) electrons. The first-order valence-corrected chi connectivity index (χ1v) is 7.35. The van der Waals surface area contributed by atoms with Gasteiger partial charge in [-0.3, -0.25) is 4.79 Å². The highest BCUT2D eigenvalue weighted by Crippen LogP contribution is 2.11. The normalized spacial score (nSPS) is 11.6. The summed E-state index contributed by atoms with van der Waals surface area (Å²) in [5.41, 5.74) is 0.779. The molecule has 0 saturated carbocycles. The molecule has 112 valence electrons. The summed E-state index contributed by atoms with van der Waals surface area (Å²) >= 11 is 0. The first-order valence-electron chi connectivity index (χ1n) is 5.91. The molecule has 0 aliphatic carbocycles. The van der Waals surface area contributed by atoms with Crippen LogP contribution in [0.25, 0.3) is 0 Å². The molecule has 0 heterocycles. The van der Waals surface area contributed by atoms with Crippen molar-refractivity contribution >= 4 is 16.2 Å². The lowest BCUT2D eigenvalue weighted by Crippen LogP contribution is -2.38. The average molecular weight is 302 g/mol. The van der Waals surface area contributed by atoms with E-state index >= 15 is 0 Å². The second-order valence-corrected chi connectivity index (χ2v) is 6.00. The van der Waals surface area contributed by atoms with Crippen LogP contribution in [0.4, 0.5) is 0 Å². The highest BCUT2D eigenvalue weighted by atomic mass is 32.2. The summed E-state index contributed by atoms with van der Waals surface area (Å²) in [5.74, 6) is -0.350. The van der Waals surface area contributed by atoms with Gasteiger partial charge in [-0.05, 0) is 17.7 Å². The average Bonchev–Trinajstić information content (AvgIpc) is 2.43. The lowest BCUT2D eigenvalue weighted by molar-refractivity contribution is -0.137. The number of carbonyl (C=O) groups is 1. The molecule has 0 aromatic heterocycles. The lowest BCUT2D eigenvalue weighted by Gasteiger charge is -2.16. The Morgan fingerprint density at radius 3 is 2.45 bits per heavy atom. The minimum Gasteiger partial charge on any atom is -0.497 e. The van der Waals surface area contributed by atoms with Gasteiger partial charge in [0.1, 0.15) is 5.75 Å². The maximum Gasteiger partial charge on any atom is 0.304 e. The number of carboxylic acids is 1. The Bertz CT molecular complexity index is 541. The van der Waals surface area contributed by atoms with Gasteiger partial charge in [0.15, 0.2) is 0 Å². The number of methoxy groups -OCH3 is 1. The molecule has 0 atom stereocenters. The van der Waals surface area contributed by atoms with Gasteiger partial charge in [0.2, 0.25) is 0 Å². The molecule has 7 nitrogen and oxygen atoms in total. The number of nitrogens with one attached hydrogen (secondary N) is 1. The van der Waals surface area contributed by atoms with E-state index in [0.29, 0.717) is 5.75 Å². The highest BCUT2D eigenvalue weighted by Gasteiger charge is 2.17. The lowest BCUT2D eigenvalue weighted by atomic mass is 10.2. The van der Waals surface area contributed by atoms with Crippen molar-refractivity contribution in [3.8, 4) is 5.75 Å². The molecule has 20 heavy (non-hydrogen) atoms. The summed E-state index contributed by atoms with van der Waals surface area (Å²) in [4.78, 5) is 10.4. The first-order chi connectivity index (χ1) is 9.35. The maximum atomic E-state index is 11.8. The van der Waals surface area contributed by atoms with E-state index < -0.39 is 16.2 Å². The van der Waals surface area contributed by atoms with Crippen LogP contribution in [0.1, 0.15) is 12.0 Å². The van der Waals surface area contributed by atoms with E-state index in [2.05, 4.69) is 4.72 Å². The van der Waals surface area contributed by atoms with Crippen LogP contribution in [0.5, 0.6) is 5.75 Å². The van der Waals surface area contributed by atoms with Gasteiger partial charge in [-0.2, -0.15) is 17.4 Å². The van der Waals surface area contributed by atoms with Gasteiger partial charge in [-0.1, -0.05) is 12.1 Å².